The van der Waals surface area contributed by atoms with E-state index in [9.17, 15) is 0 Å². The fraction of sp³-hybridized carbons (Fsp3) is 0.412. The van der Waals surface area contributed by atoms with Gasteiger partial charge in [0.1, 0.15) is 0 Å². The average Bonchev–Trinajstić information content (AvgIpc) is 2.99. The minimum Gasteiger partial charge on any atom is -0.351 e. The van der Waals surface area contributed by atoms with Gasteiger partial charge in [0.15, 0.2) is 5.96 Å². The van der Waals surface area contributed by atoms with Crippen LogP contribution in [0.2, 0.25) is 0 Å². The third-order valence-corrected chi connectivity index (χ3v) is 4.61. The molecule has 0 aliphatic carbocycles. The smallest absolute Gasteiger partial charge is 0.191 e. The maximum atomic E-state index is 4.56. The first-order chi connectivity index (χ1) is 10.6. The Hall–Kier alpha value is -1.88. The Morgan fingerprint density at radius 2 is 2.14 bits per heavy atom. The summed E-state index contributed by atoms with van der Waals surface area (Å²) in [5.41, 5.74) is 3.63. The molecule has 0 aliphatic heterocycles. The summed E-state index contributed by atoms with van der Waals surface area (Å²) in [6.45, 7) is 7.09. The summed E-state index contributed by atoms with van der Waals surface area (Å²) in [7, 11) is 1.79. The molecule has 0 bridgehead atoms. The van der Waals surface area contributed by atoms with Gasteiger partial charge in [0, 0.05) is 12.4 Å². The highest BCUT2D eigenvalue weighted by atomic mass is 32.1. The maximum absolute atomic E-state index is 4.56. The molecule has 1 heterocycles. The summed E-state index contributed by atoms with van der Waals surface area (Å²) < 4.78 is 0. The van der Waals surface area contributed by atoms with E-state index in [1.54, 1.807) is 18.4 Å². The summed E-state index contributed by atoms with van der Waals surface area (Å²) >= 11 is 1.71. The van der Waals surface area contributed by atoms with Crippen LogP contribution < -0.4 is 10.6 Å². The zero-order valence-electron chi connectivity index (χ0n) is 13.7. The van der Waals surface area contributed by atoms with Crippen LogP contribution in [0.5, 0.6) is 0 Å². The molecule has 0 amide bonds. The molecule has 0 spiro atoms. The van der Waals surface area contributed by atoms with Gasteiger partial charge >= 0.3 is 0 Å². The molecule has 1 atom stereocenters. The first-order valence-corrected chi connectivity index (χ1v) is 8.48. The first-order valence-electron chi connectivity index (χ1n) is 7.60. The van der Waals surface area contributed by atoms with E-state index < -0.39 is 0 Å². The minimum absolute atomic E-state index is 0.203. The third-order valence-electron chi connectivity index (χ3n) is 3.57. The lowest BCUT2D eigenvalue weighted by atomic mass is 10.0. The van der Waals surface area contributed by atoms with E-state index in [4.69, 9.17) is 0 Å². The predicted octanol–water partition coefficient (Wildman–Crippen LogP) is 3.44. The Morgan fingerprint density at radius 3 is 2.77 bits per heavy atom. The fourth-order valence-electron chi connectivity index (χ4n) is 2.32. The monoisotopic (exact) mass is 316 g/mol. The second-order valence-corrected chi connectivity index (χ2v) is 6.18. The van der Waals surface area contributed by atoms with Crippen molar-refractivity contribution in [2.24, 2.45) is 4.99 Å². The van der Waals surface area contributed by atoms with E-state index in [1.165, 1.54) is 16.1 Å². The number of rotatable bonds is 5. The molecule has 0 saturated carbocycles. The SMILES string of the molecule is CCc1nc(CNC(=NC)NC(C)c2ccccc2C)cs1. The summed E-state index contributed by atoms with van der Waals surface area (Å²) in [6, 6.07) is 8.61. The molecule has 1 aromatic carbocycles. The second-order valence-electron chi connectivity index (χ2n) is 5.23. The number of aromatic nitrogens is 1. The van der Waals surface area contributed by atoms with Gasteiger partial charge in [-0.1, -0.05) is 31.2 Å². The van der Waals surface area contributed by atoms with Crippen molar-refractivity contribution in [2.75, 3.05) is 7.05 Å². The number of nitrogens with zero attached hydrogens (tertiary/aromatic N) is 2. The van der Waals surface area contributed by atoms with E-state index in [-0.39, 0.29) is 6.04 Å². The highest BCUT2D eigenvalue weighted by molar-refractivity contribution is 7.09. The van der Waals surface area contributed by atoms with Gasteiger partial charge in [-0.2, -0.15) is 0 Å². The van der Waals surface area contributed by atoms with Crippen LogP contribution in [0.15, 0.2) is 34.6 Å². The quantitative estimate of drug-likeness (QED) is 0.656. The molecular weight excluding hydrogens is 292 g/mol. The van der Waals surface area contributed by atoms with Crippen molar-refractivity contribution >= 4 is 17.3 Å². The zero-order chi connectivity index (χ0) is 15.9. The molecule has 2 rings (SSSR count). The van der Waals surface area contributed by atoms with Gasteiger partial charge in [-0.3, -0.25) is 4.99 Å². The third kappa shape index (κ3) is 4.31. The summed E-state index contributed by atoms with van der Waals surface area (Å²) in [6.07, 6.45) is 0.988. The minimum atomic E-state index is 0.203. The molecule has 1 aromatic heterocycles. The Balaban J connectivity index is 1.93. The lowest BCUT2D eigenvalue weighted by molar-refractivity contribution is 0.679. The van der Waals surface area contributed by atoms with Crippen LogP contribution in [0.25, 0.3) is 0 Å². The Kier molecular flexibility index (Phi) is 5.95. The highest BCUT2D eigenvalue weighted by Crippen LogP contribution is 2.16. The molecule has 0 saturated heterocycles. The van der Waals surface area contributed by atoms with Crippen LogP contribution in [0.3, 0.4) is 0 Å². The van der Waals surface area contributed by atoms with E-state index in [1.807, 2.05) is 0 Å². The largest absolute Gasteiger partial charge is 0.351 e. The molecule has 0 fully saturated rings. The zero-order valence-corrected chi connectivity index (χ0v) is 14.5. The number of hydrogen-bond donors (Lipinski definition) is 2. The number of benzene rings is 1. The van der Waals surface area contributed by atoms with Crippen molar-refractivity contribution in [3.8, 4) is 0 Å². The van der Waals surface area contributed by atoms with Crippen molar-refractivity contribution in [1.82, 2.24) is 15.6 Å². The summed E-state index contributed by atoms with van der Waals surface area (Å²) in [5, 5.41) is 10.0. The van der Waals surface area contributed by atoms with E-state index in [2.05, 4.69) is 71.0 Å². The van der Waals surface area contributed by atoms with E-state index >= 15 is 0 Å². The normalized spacial score (nSPS) is 13.0. The van der Waals surface area contributed by atoms with Crippen LogP contribution in [-0.2, 0) is 13.0 Å². The van der Waals surface area contributed by atoms with Gasteiger partial charge in [-0.15, -0.1) is 11.3 Å². The van der Waals surface area contributed by atoms with Crippen molar-refractivity contribution in [3.05, 3.63) is 51.5 Å². The Labute approximate surface area is 136 Å². The lowest BCUT2D eigenvalue weighted by Crippen LogP contribution is -2.38. The molecule has 0 radical (unpaired) electrons. The first kappa shape index (κ1) is 16.5. The Bertz CT molecular complexity index is 633. The molecule has 0 aliphatic rings. The van der Waals surface area contributed by atoms with Crippen LogP contribution in [0.1, 0.15) is 41.7 Å². The molecule has 2 N–H and O–H groups in total. The van der Waals surface area contributed by atoms with E-state index in [0.717, 1.165) is 18.1 Å². The van der Waals surface area contributed by atoms with Crippen LogP contribution in [0, 0.1) is 6.92 Å². The second kappa shape index (κ2) is 7.94. The van der Waals surface area contributed by atoms with E-state index in [0.29, 0.717) is 6.54 Å². The molecule has 22 heavy (non-hydrogen) atoms. The maximum Gasteiger partial charge on any atom is 0.191 e. The van der Waals surface area contributed by atoms with Crippen molar-refractivity contribution in [3.63, 3.8) is 0 Å². The van der Waals surface area contributed by atoms with Gasteiger partial charge in [0.2, 0.25) is 0 Å². The van der Waals surface area contributed by atoms with Crippen molar-refractivity contribution in [1.29, 1.82) is 0 Å². The number of thiazole rings is 1. The summed E-state index contributed by atoms with van der Waals surface area (Å²) in [5.74, 6) is 0.793. The molecule has 5 heteroatoms. The Morgan fingerprint density at radius 1 is 1.36 bits per heavy atom. The average molecular weight is 316 g/mol. The van der Waals surface area contributed by atoms with Gasteiger partial charge in [0.05, 0.1) is 23.3 Å². The molecule has 4 nitrogen and oxygen atoms in total. The number of nitrogens with one attached hydrogen (secondary N) is 2. The number of hydrogen-bond acceptors (Lipinski definition) is 3. The fourth-order valence-corrected chi connectivity index (χ4v) is 3.06. The molecule has 118 valence electrons. The standard InChI is InChI=1S/C17H24N4S/c1-5-16-21-14(11-22-16)10-19-17(18-4)20-13(3)15-9-7-6-8-12(15)2/h6-9,11,13H,5,10H2,1-4H3,(H2,18,19,20). The predicted molar refractivity (Wildman–Crippen MR) is 94.4 cm³/mol. The van der Waals surface area contributed by atoms with Crippen LogP contribution in [-0.4, -0.2) is 18.0 Å². The molecular formula is C17H24N4S. The number of aryl methyl sites for hydroxylation is 2. The molecule has 2 aromatic rings. The topological polar surface area (TPSA) is 49.3 Å². The van der Waals surface area contributed by atoms with Crippen LogP contribution >= 0.6 is 11.3 Å². The van der Waals surface area contributed by atoms with Gasteiger partial charge < -0.3 is 10.6 Å². The van der Waals surface area contributed by atoms with Crippen LogP contribution in [0.4, 0.5) is 0 Å². The van der Waals surface area contributed by atoms with Gasteiger partial charge in [-0.05, 0) is 31.4 Å². The van der Waals surface area contributed by atoms with Gasteiger partial charge in [-0.25, -0.2) is 4.98 Å². The molecule has 1 unspecified atom stereocenters. The van der Waals surface area contributed by atoms with Gasteiger partial charge in [0.25, 0.3) is 0 Å². The number of aliphatic imine (C=N–C) groups is 1. The van der Waals surface area contributed by atoms with Crippen molar-refractivity contribution < 1.29 is 0 Å². The highest BCUT2D eigenvalue weighted by Gasteiger charge is 2.10. The number of guanidine groups is 1. The lowest BCUT2D eigenvalue weighted by Gasteiger charge is -2.19. The van der Waals surface area contributed by atoms with Crippen molar-refractivity contribution in [2.45, 2.75) is 39.8 Å². The summed E-state index contributed by atoms with van der Waals surface area (Å²) in [4.78, 5) is 8.85.